The number of hydrogen-bond donors (Lipinski definition) is 0. The van der Waals surface area contributed by atoms with E-state index in [2.05, 4.69) is 9.72 Å². The molecule has 0 aliphatic carbocycles. The Bertz CT molecular complexity index is 581. The van der Waals surface area contributed by atoms with Crippen LogP contribution < -0.4 is 4.74 Å². The second-order valence-corrected chi connectivity index (χ2v) is 4.52. The Hall–Kier alpha value is -2.04. The molecule has 0 radical (unpaired) electrons. The number of aromatic nitrogens is 1. The number of rotatable bonds is 4. The predicted octanol–water partition coefficient (Wildman–Crippen LogP) is 4.07. The fourth-order valence-electron chi connectivity index (χ4n) is 1.91. The maximum atomic E-state index is 12.1. The first-order chi connectivity index (χ1) is 9.42. The van der Waals surface area contributed by atoms with Crippen LogP contribution in [0, 0.1) is 6.92 Å². The highest BCUT2D eigenvalue weighted by Gasteiger charge is 2.31. The van der Waals surface area contributed by atoms with Crippen molar-refractivity contribution in [2.24, 2.45) is 0 Å². The molecule has 1 aromatic carbocycles. The fourth-order valence-corrected chi connectivity index (χ4v) is 1.91. The van der Waals surface area contributed by atoms with Crippen molar-refractivity contribution in [3.05, 3.63) is 59.4 Å². The fraction of sp³-hybridized carbons (Fsp3) is 0.267. The minimum absolute atomic E-state index is 0.188. The zero-order valence-electron chi connectivity index (χ0n) is 10.9. The molecule has 0 unspecified atom stereocenters. The minimum atomic E-state index is -4.66. The second-order valence-electron chi connectivity index (χ2n) is 4.52. The van der Waals surface area contributed by atoms with Crippen LogP contribution in [0.2, 0.25) is 0 Å². The van der Waals surface area contributed by atoms with E-state index in [0.29, 0.717) is 12.8 Å². The molecule has 1 heterocycles. The average molecular weight is 281 g/mol. The van der Waals surface area contributed by atoms with Gasteiger partial charge in [0.2, 0.25) is 0 Å². The summed E-state index contributed by atoms with van der Waals surface area (Å²) in [5.41, 5.74) is 2.83. The first kappa shape index (κ1) is 14.4. The highest BCUT2D eigenvalue weighted by molar-refractivity contribution is 5.29. The standard InChI is InChI=1S/C15H14F3NO/c1-11-7-8-19-13(9-11)6-5-12-3-2-4-14(10-12)20-15(16,17)18/h2-4,7-10H,5-6H2,1H3. The van der Waals surface area contributed by atoms with Crippen molar-refractivity contribution in [3.8, 4) is 5.75 Å². The summed E-state index contributed by atoms with van der Waals surface area (Å²) in [5, 5.41) is 0. The molecule has 0 bridgehead atoms. The van der Waals surface area contributed by atoms with Crippen molar-refractivity contribution in [2.75, 3.05) is 0 Å². The molecule has 0 spiro atoms. The van der Waals surface area contributed by atoms with E-state index in [0.717, 1.165) is 16.8 Å². The van der Waals surface area contributed by atoms with Crippen LogP contribution in [0.5, 0.6) is 5.75 Å². The molecule has 20 heavy (non-hydrogen) atoms. The van der Waals surface area contributed by atoms with Gasteiger partial charge in [0, 0.05) is 11.9 Å². The van der Waals surface area contributed by atoms with Crippen LogP contribution in [0.1, 0.15) is 16.8 Å². The van der Waals surface area contributed by atoms with Crippen molar-refractivity contribution < 1.29 is 17.9 Å². The summed E-state index contributed by atoms with van der Waals surface area (Å²) in [4.78, 5) is 4.23. The Labute approximate surface area is 115 Å². The van der Waals surface area contributed by atoms with Crippen molar-refractivity contribution in [3.63, 3.8) is 0 Å². The molecule has 0 atom stereocenters. The number of benzene rings is 1. The molecule has 0 amide bonds. The Morgan fingerprint density at radius 3 is 2.60 bits per heavy atom. The van der Waals surface area contributed by atoms with Gasteiger partial charge in [0.05, 0.1) is 0 Å². The summed E-state index contributed by atoms with van der Waals surface area (Å²) >= 11 is 0. The van der Waals surface area contributed by atoms with Crippen LogP contribution >= 0.6 is 0 Å². The predicted molar refractivity (Wildman–Crippen MR) is 69.5 cm³/mol. The second kappa shape index (κ2) is 5.94. The third-order valence-corrected chi connectivity index (χ3v) is 2.77. The zero-order valence-corrected chi connectivity index (χ0v) is 10.9. The Balaban J connectivity index is 2.01. The molecule has 0 N–H and O–H groups in total. The Morgan fingerprint density at radius 1 is 1.10 bits per heavy atom. The van der Waals surface area contributed by atoms with Gasteiger partial charge in [-0.3, -0.25) is 4.98 Å². The van der Waals surface area contributed by atoms with Crippen LogP contribution in [0.25, 0.3) is 0 Å². The summed E-state index contributed by atoms with van der Waals surface area (Å²) in [6.07, 6.45) is -1.63. The molecule has 0 saturated heterocycles. The monoisotopic (exact) mass is 281 g/mol. The molecule has 2 aromatic rings. The van der Waals surface area contributed by atoms with Gasteiger partial charge >= 0.3 is 6.36 Å². The highest BCUT2D eigenvalue weighted by atomic mass is 19.4. The first-order valence-corrected chi connectivity index (χ1v) is 6.18. The Kier molecular flexibility index (Phi) is 4.27. The third-order valence-electron chi connectivity index (χ3n) is 2.77. The first-order valence-electron chi connectivity index (χ1n) is 6.18. The van der Waals surface area contributed by atoms with Crippen LogP contribution in [-0.4, -0.2) is 11.3 Å². The van der Waals surface area contributed by atoms with E-state index in [-0.39, 0.29) is 5.75 Å². The van der Waals surface area contributed by atoms with Crippen molar-refractivity contribution in [2.45, 2.75) is 26.1 Å². The maximum Gasteiger partial charge on any atom is 0.573 e. The van der Waals surface area contributed by atoms with E-state index in [4.69, 9.17) is 0 Å². The molecule has 0 aliphatic heterocycles. The van der Waals surface area contributed by atoms with Gasteiger partial charge in [-0.1, -0.05) is 12.1 Å². The average Bonchev–Trinajstić information content (AvgIpc) is 2.35. The van der Waals surface area contributed by atoms with Gasteiger partial charge in [-0.05, 0) is 55.2 Å². The van der Waals surface area contributed by atoms with Gasteiger partial charge in [-0.25, -0.2) is 0 Å². The van der Waals surface area contributed by atoms with Crippen molar-refractivity contribution in [1.29, 1.82) is 0 Å². The number of alkyl halides is 3. The van der Waals surface area contributed by atoms with Gasteiger partial charge < -0.3 is 4.74 Å². The smallest absolute Gasteiger partial charge is 0.406 e. The molecule has 1 aromatic heterocycles. The van der Waals surface area contributed by atoms with Gasteiger partial charge in [0.25, 0.3) is 0 Å². The number of halogens is 3. The van der Waals surface area contributed by atoms with E-state index in [1.165, 1.54) is 12.1 Å². The van der Waals surface area contributed by atoms with Gasteiger partial charge in [0.1, 0.15) is 5.75 Å². The summed E-state index contributed by atoms with van der Waals surface area (Å²) < 4.78 is 40.3. The van der Waals surface area contributed by atoms with Crippen LogP contribution in [0.15, 0.2) is 42.6 Å². The van der Waals surface area contributed by atoms with Gasteiger partial charge in [-0.15, -0.1) is 13.2 Å². The zero-order chi connectivity index (χ0) is 14.6. The lowest BCUT2D eigenvalue weighted by molar-refractivity contribution is -0.274. The number of ether oxygens (including phenoxy) is 1. The quantitative estimate of drug-likeness (QED) is 0.842. The number of pyridine rings is 1. The molecule has 0 fully saturated rings. The highest BCUT2D eigenvalue weighted by Crippen LogP contribution is 2.23. The number of hydrogen-bond acceptors (Lipinski definition) is 2. The van der Waals surface area contributed by atoms with Gasteiger partial charge in [-0.2, -0.15) is 0 Å². The van der Waals surface area contributed by atoms with E-state index in [9.17, 15) is 13.2 Å². The van der Waals surface area contributed by atoms with Gasteiger partial charge in [0.15, 0.2) is 0 Å². The SMILES string of the molecule is Cc1ccnc(CCc2cccc(OC(F)(F)F)c2)c1. The van der Waals surface area contributed by atoms with Crippen molar-refractivity contribution >= 4 is 0 Å². The largest absolute Gasteiger partial charge is 0.573 e. The lowest BCUT2D eigenvalue weighted by atomic mass is 10.1. The van der Waals surface area contributed by atoms with E-state index in [1.807, 2.05) is 19.1 Å². The number of aryl methyl sites for hydroxylation is 3. The minimum Gasteiger partial charge on any atom is -0.406 e. The molecule has 2 nitrogen and oxygen atoms in total. The molecule has 0 saturated carbocycles. The van der Waals surface area contributed by atoms with Crippen LogP contribution in [-0.2, 0) is 12.8 Å². The van der Waals surface area contributed by atoms with Crippen LogP contribution in [0.3, 0.4) is 0 Å². The summed E-state index contributed by atoms with van der Waals surface area (Å²) in [6, 6.07) is 9.90. The van der Waals surface area contributed by atoms with E-state index >= 15 is 0 Å². The summed E-state index contributed by atoms with van der Waals surface area (Å²) in [6.45, 7) is 1.98. The normalized spacial score (nSPS) is 11.4. The lowest BCUT2D eigenvalue weighted by Crippen LogP contribution is -2.17. The Morgan fingerprint density at radius 2 is 1.90 bits per heavy atom. The van der Waals surface area contributed by atoms with Crippen molar-refractivity contribution in [1.82, 2.24) is 4.98 Å². The molecular formula is C15H14F3NO. The molecule has 0 aliphatic rings. The number of nitrogens with zero attached hydrogens (tertiary/aromatic N) is 1. The topological polar surface area (TPSA) is 22.1 Å². The van der Waals surface area contributed by atoms with E-state index in [1.54, 1.807) is 18.3 Å². The molecular weight excluding hydrogens is 267 g/mol. The third kappa shape index (κ3) is 4.57. The summed E-state index contributed by atoms with van der Waals surface area (Å²) in [5.74, 6) is -0.188. The maximum absolute atomic E-state index is 12.1. The summed E-state index contributed by atoms with van der Waals surface area (Å²) in [7, 11) is 0. The molecule has 106 valence electrons. The van der Waals surface area contributed by atoms with E-state index < -0.39 is 6.36 Å². The molecule has 5 heteroatoms. The molecule has 2 rings (SSSR count). The lowest BCUT2D eigenvalue weighted by Gasteiger charge is -2.10. The van der Waals surface area contributed by atoms with Crippen LogP contribution in [0.4, 0.5) is 13.2 Å².